The molecule has 0 aliphatic heterocycles. The molecular formula is C18H14Cl2N4O2. The molecule has 0 saturated heterocycles. The Morgan fingerprint density at radius 2 is 2.00 bits per heavy atom. The molecule has 3 rings (SSSR count). The van der Waals surface area contributed by atoms with Crippen LogP contribution < -0.4 is 10.2 Å². The molecule has 1 atom stereocenters. The van der Waals surface area contributed by atoms with Crippen molar-refractivity contribution >= 4 is 46.4 Å². The van der Waals surface area contributed by atoms with E-state index in [0.29, 0.717) is 21.5 Å². The first-order valence-electron chi connectivity index (χ1n) is 7.69. The predicted molar refractivity (Wildman–Crippen MR) is 102 cm³/mol. The number of carbonyl (C=O) groups is 1. The van der Waals surface area contributed by atoms with Crippen LogP contribution in [0.4, 0.5) is 0 Å². The van der Waals surface area contributed by atoms with Gasteiger partial charge in [-0.05, 0) is 37.3 Å². The van der Waals surface area contributed by atoms with Crippen LogP contribution in [-0.2, 0) is 4.79 Å². The third-order valence-electron chi connectivity index (χ3n) is 3.41. The molecule has 0 fully saturated rings. The van der Waals surface area contributed by atoms with E-state index in [1.54, 1.807) is 31.3 Å². The Balaban J connectivity index is 1.60. The predicted octanol–water partition coefficient (Wildman–Crippen LogP) is 3.85. The molecule has 0 spiro atoms. The lowest BCUT2D eigenvalue weighted by Gasteiger charge is -2.14. The van der Waals surface area contributed by atoms with E-state index in [-0.39, 0.29) is 0 Å². The summed E-state index contributed by atoms with van der Waals surface area (Å²) in [4.78, 5) is 20.7. The molecule has 1 N–H and O–H groups in total. The summed E-state index contributed by atoms with van der Waals surface area (Å²) in [5.74, 6) is -0.0656. The topological polar surface area (TPSA) is 76.5 Å². The molecule has 0 aliphatic rings. The van der Waals surface area contributed by atoms with Gasteiger partial charge in [-0.3, -0.25) is 9.78 Å². The molecule has 6 nitrogen and oxygen atoms in total. The van der Waals surface area contributed by atoms with Crippen molar-refractivity contribution in [1.29, 1.82) is 0 Å². The molecule has 1 heterocycles. The molecule has 0 radical (unpaired) electrons. The maximum absolute atomic E-state index is 12.1. The van der Waals surface area contributed by atoms with E-state index in [9.17, 15) is 4.79 Å². The van der Waals surface area contributed by atoms with E-state index in [1.165, 1.54) is 6.21 Å². The quantitative estimate of drug-likeness (QED) is 0.531. The second-order valence-electron chi connectivity index (χ2n) is 5.35. The number of nitrogens with zero attached hydrogens (tertiary/aromatic N) is 3. The number of hydrazone groups is 1. The van der Waals surface area contributed by atoms with Crippen molar-refractivity contribution < 1.29 is 9.53 Å². The Morgan fingerprint density at radius 1 is 1.23 bits per heavy atom. The van der Waals surface area contributed by atoms with E-state index in [2.05, 4.69) is 20.5 Å². The molecule has 0 aliphatic carbocycles. The minimum atomic E-state index is -0.798. The third kappa shape index (κ3) is 4.47. The Kier molecular flexibility index (Phi) is 5.65. The molecule has 1 aromatic heterocycles. The lowest BCUT2D eigenvalue weighted by Crippen LogP contribution is -2.33. The number of benzene rings is 2. The summed E-state index contributed by atoms with van der Waals surface area (Å²) in [6.07, 6.45) is 2.19. The van der Waals surface area contributed by atoms with Crippen molar-refractivity contribution in [2.45, 2.75) is 13.0 Å². The summed E-state index contributed by atoms with van der Waals surface area (Å²) in [5, 5.41) is 4.70. The largest absolute Gasteiger partial charge is 0.479 e. The number of fused-ring (bicyclic) bond motifs is 1. The first-order valence-corrected chi connectivity index (χ1v) is 8.45. The molecule has 8 heteroatoms. The van der Waals surface area contributed by atoms with Crippen molar-refractivity contribution in [2.75, 3.05) is 0 Å². The van der Waals surface area contributed by atoms with Crippen LogP contribution in [-0.4, -0.2) is 28.2 Å². The standard InChI is InChI=1S/C18H14Cl2N4O2/c1-11(26-17-7-6-12(19)8-14(17)20)18(25)24-22-10-13-9-21-15-4-2-3-5-16(15)23-13/h2-11H,1H3,(H,24,25)/b22-10-/t11-/m0/s1. The first kappa shape index (κ1) is 18.1. The van der Waals surface area contributed by atoms with E-state index < -0.39 is 12.0 Å². The fraction of sp³-hybridized carbons (Fsp3) is 0.111. The average molecular weight is 389 g/mol. The van der Waals surface area contributed by atoms with Gasteiger partial charge in [-0.25, -0.2) is 10.4 Å². The van der Waals surface area contributed by atoms with Crippen LogP contribution in [0.2, 0.25) is 10.0 Å². The molecule has 0 saturated carbocycles. The molecule has 0 unspecified atom stereocenters. The summed E-state index contributed by atoms with van der Waals surface area (Å²) in [6.45, 7) is 1.59. The SMILES string of the molecule is C[C@H](Oc1ccc(Cl)cc1Cl)C(=O)N/N=C\c1cnc2ccccc2n1. The minimum absolute atomic E-state index is 0.326. The van der Waals surface area contributed by atoms with Crippen molar-refractivity contribution in [2.24, 2.45) is 5.10 Å². The van der Waals surface area contributed by atoms with E-state index >= 15 is 0 Å². The highest BCUT2D eigenvalue weighted by molar-refractivity contribution is 6.35. The van der Waals surface area contributed by atoms with Gasteiger partial charge in [-0.1, -0.05) is 35.3 Å². The Hall–Kier alpha value is -2.70. The van der Waals surface area contributed by atoms with Crippen LogP contribution in [0.3, 0.4) is 0 Å². The first-order chi connectivity index (χ1) is 12.5. The number of amides is 1. The fourth-order valence-corrected chi connectivity index (χ4v) is 2.55. The second kappa shape index (κ2) is 8.12. The van der Waals surface area contributed by atoms with Gasteiger partial charge in [-0.15, -0.1) is 0 Å². The number of nitrogens with one attached hydrogen (secondary N) is 1. The zero-order valence-corrected chi connectivity index (χ0v) is 15.2. The number of aromatic nitrogens is 2. The Morgan fingerprint density at radius 3 is 2.77 bits per heavy atom. The number of hydrogen-bond acceptors (Lipinski definition) is 5. The Bertz CT molecular complexity index is 978. The molecular weight excluding hydrogens is 375 g/mol. The second-order valence-corrected chi connectivity index (χ2v) is 6.20. The van der Waals surface area contributed by atoms with E-state index in [4.69, 9.17) is 27.9 Å². The van der Waals surface area contributed by atoms with Crippen LogP contribution in [0, 0.1) is 0 Å². The lowest BCUT2D eigenvalue weighted by atomic mass is 10.3. The third-order valence-corrected chi connectivity index (χ3v) is 3.94. The summed E-state index contributed by atoms with van der Waals surface area (Å²) >= 11 is 11.9. The normalized spacial score (nSPS) is 12.3. The van der Waals surface area contributed by atoms with Gasteiger partial charge in [0.15, 0.2) is 6.10 Å². The maximum Gasteiger partial charge on any atom is 0.280 e. The van der Waals surface area contributed by atoms with Crippen molar-refractivity contribution in [3.63, 3.8) is 0 Å². The summed E-state index contributed by atoms with van der Waals surface area (Å²) in [6, 6.07) is 12.3. The highest BCUT2D eigenvalue weighted by Gasteiger charge is 2.15. The van der Waals surface area contributed by atoms with E-state index in [0.717, 1.165) is 11.0 Å². The van der Waals surface area contributed by atoms with E-state index in [1.807, 2.05) is 24.3 Å². The average Bonchev–Trinajstić information content (AvgIpc) is 2.63. The Labute approximate surface area is 159 Å². The number of para-hydroxylation sites is 2. The summed E-state index contributed by atoms with van der Waals surface area (Å²) in [5.41, 5.74) is 4.46. The lowest BCUT2D eigenvalue weighted by molar-refractivity contribution is -0.127. The van der Waals surface area contributed by atoms with Gasteiger partial charge < -0.3 is 4.74 Å². The monoisotopic (exact) mass is 388 g/mol. The van der Waals surface area contributed by atoms with Crippen LogP contribution >= 0.6 is 23.2 Å². The molecule has 2 aromatic carbocycles. The number of carbonyl (C=O) groups excluding carboxylic acids is 1. The number of hydrogen-bond donors (Lipinski definition) is 1. The van der Waals surface area contributed by atoms with Crippen LogP contribution in [0.1, 0.15) is 12.6 Å². The van der Waals surface area contributed by atoms with Crippen molar-refractivity contribution in [3.05, 3.63) is 64.4 Å². The number of halogens is 2. The van der Waals surface area contributed by atoms with Gasteiger partial charge in [0.25, 0.3) is 5.91 Å². The van der Waals surface area contributed by atoms with Crippen LogP contribution in [0.5, 0.6) is 5.75 Å². The van der Waals surface area contributed by atoms with Gasteiger partial charge in [0.2, 0.25) is 0 Å². The zero-order chi connectivity index (χ0) is 18.5. The van der Waals surface area contributed by atoms with Gasteiger partial charge in [0, 0.05) is 5.02 Å². The smallest absolute Gasteiger partial charge is 0.280 e. The van der Waals surface area contributed by atoms with Gasteiger partial charge in [0.1, 0.15) is 11.4 Å². The van der Waals surface area contributed by atoms with Crippen LogP contribution in [0.15, 0.2) is 53.8 Å². The molecule has 3 aromatic rings. The van der Waals surface area contributed by atoms with Crippen molar-refractivity contribution in [3.8, 4) is 5.75 Å². The van der Waals surface area contributed by atoms with Gasteiger partial charge in [0.05, 0.1) is 28.5 Å². The molecule has 0 bridgehead atoms. The fourth-order valence-electron chi connectivity index (χ4n) is 2.10. The molecule has 26 heavy (non-hydrogen) atoms. The minimum Gasteiger partial charge on any atom is -0.479 e. The zero-order valence-electron chi connectivity index (χ0n) is 13.7. The highest BCUT2D eigenvalue weighted by atomic mass is 35.5. The summed E-state index contributed by atoms with van der Waals surface area (Å²) < 4.78 is 5.52. The summed E-state index contributed by atoms with van der Waals surface area (Å²) in [7, 11) is 0. The van der Waals surface area contributed by atoms with Crippen molar-refractivity contribution in [1.82, 2.24) is 15.4 Å². The van der Waals surface area contributed by atoms with Gasteiger partial charge >= 0.3 is 0 Å². The molecule has 132 valence electrons. The highest BCUT2D eigenvalue weighted by Crippen LogP contribution is 2.28. The number of rotatable bonds is 5. The van der Waals surface area contributed by atoms with Crippen LogP contribution in [0.25, 0.3) is 11.0 Å². The molecule has 1 amide bonds. The number of ether oxygens (including phenoxy) is 1. The van der Waals surface area contributed by atoms with Gasteiger partial charge in [-0.2, -0.15) is 5.10 Å². The maximum atomic E-state index is 12.1.